The Morgan fingerprint density at radius 2 is 1.57 bits per heavy atom. The minimum absolute atomic E-state index is 0.150. The summed E-state index contributed by atoms with van der Waals surface area (Å²) in [6, 6.07) is 22.9. The van der Waals surface area contributed by atoms with E-state index in [4.69, 9.17) is 0 Å². The maximum Gasteiger partial charge on any atom is 0.224 e. The Morgan fingerprint density at radius 3 is 2.30 bits per heavy atom. The summed E-state index contributed by atoms with van der Waals surface area (Å²) in [6.07, 6.45) is 3.24. The normalized spacial score (nSPS) is 12.8. The number of benzene rings is 4. The van der Waals surface area contributed by atoms with Gasteiger partial charge in [0.2, 0.25) is 5.52 Å². The van der Waals surface area contributed by atoms with Crippen LogP contribution < -0.4 is 9.47 Å². The van der Waals surface area contributed by atoms with E-state index in [2.05, 4.69) is 130 Å². The van der Waals surface area contributed by atoms with Gasteiger partial charge in [-0.25, -0.2) is 4.57 Å². The van der Waals surface area contributed by atoms with Crippen LogP contribution in [0.25, 0.3) is 59.8 Å². The first-order valence-corrected chi connectivity index (χ1v) is 13.3. The van der Waals surface area contributed by atoms with Crippen LogP contribution in [0, 0.1) is 12.3 Å². The van der Waals surface area contributed by atoms with Gasteiger partial charge in [0.25, 0.3) is 0 Å². The van der Waals surface area contributed by atoms with Crippen molar-refractivity contribution in [1.29, 1.82) is 0 Å². The van der Waals surface area contributed by atoms with Crippen LogP contribution in [0.5, 0.6) is 0 Å². The highest BCUT2D eigenvalue weighted by Gasteiger charge is 2.28. The van der Waals surface area contributed by atoms with E-state index in [0.717, 1.165) is 6.42 Å². The molecule has 0 saturated heterocycles. The minimum Gasteiger partial charge on any atom is -0.378 e. The number of hydrogen-bond donors (Lipinski definition) is 0. The molecule has 4 aromatic carbocycles. The summed E-state index contributed by atoms with van der Waals surface area (Å²) >= 11 is 0. The zero-order chi connectivity index (χ0) is 25.8. The molecule has 0 atom stereocenters. The maximum atomic E-state index is 2.61. The second kappa shape index (κ2) is 7.35. The van der Waals surface area contributed by atoms with Crippen LogP contribution in [0.2, 0.25) is 0 Å². The van der Waals surface area contributed by atoms with Crippen molar-refractivity contribution in [2.75, 3.05) is 19.0 Å². The molecule has 0 saturated carbocycles. The molecule has 3 heteroatoms. The molecular weight excluding hydrogens is 450 g/mol. The number of anilines is 1. The zero-order valence-corrected chi connectivity index (χ0v) is 22.9. The van der Waals surface area contributed by atoms with E-state index in [0.29, 0.717) is 0 Å². The van der Waals surface area contributed by atoms with Gasteiger partial charge in [0.1, 0.15) is 7.05 Å². The van der Waals surface area contributed by atoms with Gasteiger partial charge in [0.05, 0.1) is 27.3 Å². The smallest absolute Gasteiger partial charge is 0.224 e. The standard InChI is InChI=1S/C34H34N3/c1-20-23-10-8-9-11-24(23)27(19-34(2,3)4)32-29(20)33-30-21(16-17-36(33)7)12-14-25-26-18-22(35(5)6)13-15-28(26)37(32)31(25)30/h8-18H,19H2,1-7H3/q+1. The second-order valence-electron chi connectivity index (χ2n) is 12.2. The van der Waals surface area contributed by atoms with Crippen molar-refractivity contribution in [2.24, 2.45) is 12.5 Å². The predicted molar refractivity (Wildman–Crippen MR) is 160 cm³/mol. The molecule has 3 nitrogen and oxygen atoms in total. The molecule has 7 aromatic rings. The van der Waals surface area contributed by atoms with Gasteiger partial charge in [-0.3, -0.25) is 0 Å². The summed E-state index contributed by atoms with van der Waals surface area (Å²) < 4.78 is 4.95. The topological polar surface area (TPSA) is 11.5 Å². The van der Waals surface area contributed by atoms with Crippen molar-refractivity contribution in [1.82, 2.24) is 4.40 Å². The van der Waals surface area contributed by atoms with Gasteiger partial charge in [-0.1, -0.05) is 57.2 Å². The monoisotopic (exact) mass is 484 g/mol. The van der Waals surface area contributed by atoms with Crippen LogP contribution in [-0.2, 0) is 13.5 Å². The van der Waals surface area contributed by atoms with Crippen molar-refractivity contribution in [2.45, 2.75) is 34.1 Å². The van der Waals surface area contributed by atoms with Crippen LogP contribution in [-0.4, -0.2) is 18.5 Å². The Kier molecular flexibility index (Phi) is 4.44. The lowest BCUT2D eigenvalue weighted by Gasteiger charge is -2.24. The first-order valence-electron chi connectivity index (χ1n) is 13.3. The van der Waals surface area contributed by atoms with Gasteiger partial charge >= 0.3 is 0 Å². The summed E-state index contributed by atoms with van der Waals surface area (Å²) in [7, 11) is 6.45. The molecule has 0 N–H and O–H groups in total. The first-order chi connectivity index (χ1) is 17.7. The highest BCUT2D eigenvalue weighted by Crippen LogP contribution is 2.45. The molecule has 0 amide bonds. The van der Waals surface area contributed by atoms with Crippen molar-refractivity contribution < 1.29 is 4.57 Å². The molecule has 7 rings (SSSR count). The summed E-state index contributed by atoms with van der Waals surface area (Å²) in [5.41, 5.74) is 9.52. The maximum absolute atomic E-state index is 2.61. The summed E-state index contributed by atoms with van der Waals surface area (Å²) in [5, 5.41) is 9.42. The van der Waals surface area contributed by atoms with Crippen LogP contribution in [0.1, 0.15) is 31.9 Å². The van der Waals surface area contributed by atoms with Crippen LogP contribution in [0.15, 0.2) is 66.9 Å². The van der Waals surface area contributed by atoms with Crippen molar-refractivity contribution in [3.63, 3.8) is 0 Å². The molecule has 184 valence electrons. The first kappa shape index (κ1) is 22.4. The summed E-state index contributed by atoms with van der Waals surface area (Å²) in [4.78, 5) is 2.20. The molecule has 0 unspecified atom stereocenters. The molecule has 0 spiro atoms. The zero-order valence-electron chi connectivity index (χ0n) is 22.9. The molecule has 0 radical (unpaired) electrons. The van der Waals surface area contributed by atoms with E-state index in [-0.39, 0.29) is 5.41 Å². The Morgan fingerprint density at radius 1 is 0.811 bits per heavy atom. The molecule has 3 heterocycles. The van der Waals surface area contributed by atoms with Crippen LogP contribution in [0.3, 0.4) is 0 Å². The molecule has 0 bridgehead atoms. The SMILES string of the molecule is Cc1c2ccccc2c(CC(C)(C)C)c2c1c1c3c(ccc4c5cc(N(C)C)ccc5n2c43)cc[n+]1C. The number of nitrogens with zero attached hydrogens (tertiary/aromatic N) is 3. The number of rotatable bonds is 2. The predicted octanol–water partition coefficient (Wildman–Crippen LogP) is 7.93. The Bertz CT molecular complexity index is 2030. The second-order valence-corrected chi connectivity index (χ2v) is 12.2. The van der Waals surface area contributed by atoms with Gasteiger partial charge in [0.15, 0.2) is 6.20 Å². The third kappa shape index (κ3) is 2.97. The third-order valence-electron chi connectivity index (χ3n) is 8.25. The molecule has 37 heavy (non-hydrogen) atoms. The molecule has 0 aliphatic heterocycles. The lowest BCUT2D eigenvalue weighted by molar-refractivity contribution is -0.643. The van der Waals surface area contributed by atoms with Gasteiger partial charge in [0, 0.05) is 36.6 Å². The van der Waals surface area contributed by atoms with Crippen LogP contribution >= 0.6 is 0 Å². The molecule has 0 aliphatic rings. The highest BCUT2D eigenvalue weighted by molar-refractivity contribution is 6.29. The van der Waals surface area contributed by atoms with Gasteiger partial charge in [-0.15, -0.1) is 0 Å². The van der Waals surface area contributed by atoms with E-state index in [9.17, 15) is 0 Å². The fourth-order valence-corrected chi connectivity index (χ4v) is 6.66. The van der Waals surface area contributed by atoms with E-state index < -0.39 is 0 Å². The molecular formula is C34H34N3+. The lowest BCUT2D eigenvalue weighted by Crippen LogP contribution is -2.29. The highest BCUT2D eigenvalue weighted by atomic mass is 15.1. The van der Waals surface area contributed by atoms with Crippen molar-refractivity contribution in [3.8, 4) is 0 Å². The van der Waals surface area contributed by atoms with E-state index >= 15 is 0 Å². The lowest BCUT2D eigenvalue weighted by atomic mass is 9.83. The molecule has 0 fully saturated rings. The number of aromatic nitrogens is 2. The largest absolute Gasteiger partial charge is 0.378 e. The number of pyridine rings is 2. The molecule has 3 aromatic heterocycles. The number of fused-ring (bicyclic) bond motifs is 7. The fourth-order valence-electron chi connectivity index (χ4n) is 6.66. The van der Waals surface area contributed by atoms with Gasteiger partial charge in [-0.2, -0.15) is 0 Å². The Balaban J connectivity index is 1.90. The van der Waals surface area contributed by atoms with E-state index in [1.807, 2.05) is 0 Å². The van der Waals surface area contributed by atoms with Crippen molar-refractivity contribution in [3.05, 3.63) is 78.0 Å². The number of aryl methyl sites for hydroxylation is 2. The summed E-state index contributed by atoms with van der Waals surface area (Å²) in [6.45, 7) is 9.40. The minimum atomic E-state index is 0.150. The third-order valence-corrected chi connectivity index (χ3v) is 8.25. The average molecular weight is 485 g/mol. The Labute approximate surface area is 217 Å². The number of hydrogen-bond acceptors (Lipinski definition) is 1. The Hall–Kier alpha value is -3.85. The average Bonchev–Trinajstić information content (AvgIpc) is 3.20. The molecule has 0 aliphatic carbocycles. The summed E-state index contributed by atoms with van der Waals surface area (Å²) in [5.74, 6) is 0. The fraction of sp³-hybridized carbons (Fsp3) is 0.265. The quantitative estimate of drug-likeness (QED) is 0.138. The van der Waals surface area contributed by atoms with Gasteiger partial charge in [-0.05, 0) is 64.2 Å². The van der Waals surface area contributed by atoms with Gasteiger partial charge < -0.3 is 9.30 Å². The van der Waals surface area contributed by atoms with E-state index in [1.54, 1.807) is 0 Å². The van der Waals surface area contributed by atoms with Crippen molar-refractivity contribution >= 4 is 65.5 Å². The van der Waals surface area contributed by atoms with Crippen LogP contribution in [0.4, 0.5) is 5.69 Å². The van der Waals surface area contributed by atoms with E-state index in [1.165, 1.54) is 76.6 Å².